The van der Waals surface area contributed by atoms with Crippen molar-refractivity contribution in [1.82, 2.24) is 0 Å². The average Bonchev–Trinajstić information content (AvgIpc) is 3.65. The maximum absolute atomic E-state index is 13.5. The fourth-order valence-electron chi connectivity index (χ4n) is 31.4. The number of aldehydes is 1. The number of phenolic OH excluding ortho intramolecular Hbond substituents is 1. The molecule has 10 fully saturated rings. The van der Waals surface area contributed by atoms with Crippen LogP contribution in [0.4, 0.5) is 0 Å². The number of carbonyl (C=O) groups is 1. The van der Waals surface area contributed by atoms with E-state index in [9.17, 15) is 9.90 Å². The normalized spacial score (nSPS) is 97.8. The van der Waals surface area contributed by atoms with Crippen LogP contribution in [0, 0.1) is 0 Å². The third-order valence-corrected chi connectivity index (χ3v) is 80.7. The third-order valence-electron chi connectivity index (χ3n) is 24.5. The zero-order valence-corrected chi connectivity index (χ0v) is 19.9. The Labute approximate surface area is 163 Å². The molecule has 0 aromatic heterocycles. The van der Waals surface area contributed by atoms with Gasteiger partial charge in [0, 0.05) is 0 Å². The molecular formula is C26H32FeO2. The Morgan fingerprint density at radius 1 is 0.759 bits per heavy atom. The summed E-state index contributed by atoms with van der Waals surface area (Å²) in [5.41, 5.74) is 1.15. The van der Waals surface area contributed by atoms with Crippen molar-refractivity contribution >= 4 is 6.29 Å². The maximum atomic E-state index is 13.5. The van der Waals surface area contributed by atoms with E-state index >= 15 is 0 Å². The van der Waals surface area contributed by atoms with Gasteiger partial charge < -0.3 is 0 Å². The van der Waals surface area contributed by atoms with Gasteiger partial charge in [0.15, 0.2) is 0 Å². The molecular weight excluding hydrogens is 400 g/mol. The minimum absolute atomic E-state index is 0.00923. The summed E-state index contributed by atoms with van der Waals surface area (Å²) >= 11 is 0. The van der Waals surface area contributed by atoms with Crippen LogP contribution in [-0.4, -0.2) is 11.4 Å². The quantitative estimate of drug-likeness (QED) is 0.400. The van der Waals surface area contributed by atoms with Crippen LogP contribution < -0.4 is 0 Å². The summed E-state index contributed by atoms with van der Waals surface area (Å²) in [6, 6.07) is 8.08. The minimum atomic E-state index is -4.82. The second-order valence-corrected chi connectivity index (χ2v) is 38.3. The molecule has 0 aliphatic carbocycles. The summed E-state index contributed by atoms with van der Waals surface area (Å²) in [6.45, 7) is 16.7. The molecule has 1 N–H and O–H groups in total. The molecule has 0 saturated carbocycles. The molecule has 8 unspecified atom stereocenters. The van der Waals surface area contributed by atoms with Gasteiger partial charge in [0.2, 0.25) is 0 Å². The van der Waals surface area contributed by atoms with Crippen molar-refractivity contribution in [2.24, 2.45) is 0 Å². The Kier molecular flexibility index (Phi) is 0.683. The predicted octanol–water partition coefficient (Wildman–Crippen LogP) is 7.38. The first-order valence-corrected chi connectivity index (χ1v) is 17.1. The number of phenols is 1. The van der Waals surface area contributed by atoms with Gasteiger partial charge in [-0.3, -0.25) is 0 Å². The van der Waals surface area contributed by atoms with E-state index < -0.39 is 6.51 Å². The van der Waals surface area contributed by atoms with Gasteiger partial charge >= 0.3 is 163 Å². The van der Waals surface area contributed by atoms with Crippen molar-refractivity contribution in [2.45, 2.75) is 105 Å². The number of hydrogen-bond donors (Lipinski definition) is 1. The van der Waals surface area contributed by atoms with Crippen molar-refractivity contribution in [3.8, 4) is 5.75 Å². The van der Waals surface area contributed by atoms with Crippen molar-refractivity contribution in [3.05, 3.63) is 29.8 Å². The first-order valence-electron chi connectivity index (χ1n) is 11.6. The SMILES string of the molecule is C[C]12[C]3(C)[C]4(C)[C]5(C=O)[C]1(C)[Fe]23451678[C]2(C)[C]1(C)[C]6(C)[C]7(Cc1ccccc1O)[C]28C. The van der Waals surface area contributed by atoms with E-state index in [4.69, 9.17) is 0 Å². The van der Waals surface area contributed by atoms with Crippen molar-refractivity contribution in [3.63, 3.8) is 0 Å². The van der Waals surface area contributed by atoms with Crippen LogP contribution in [0.15, 0.2) is 24.3 Å². The molecule has 1 spiro atoms. The number of carbonyl (C=O) groups excluding carboxylic acids is 1. The van der Waals surface area contributed by atoms with Crippen LogP contribution in [0.5, 0.6) is 5.75 Å². The Morgan fingerprint density at radius 3 is 1.55 bits per heavy atom. The first kappa shape index (κ1) is 14.3. The number of hydrogen-bond acceptors (Lipinski definition) is 2. The number of aromatic hydroxyl groups is 1. The predicted molar refractivity (Wildman–Crippen MR) is 110 cm³/mol. The summed E-state index contributed by atoms with van der Waals surface area (Å²) in [7, 11) is 0. The molecule has 29 heavy (non-hydrogen) atoms. The van der Waals surface area contributed by atoms with E-state index in [-0.39, 0.29) is 12.9 Å². The standard InChI is InChI=1S/C16H19O.C10H13O.Fe/c1-10-11(2)13(4)15(12(10)3)9-14-7-5-6-8-16(14)17;1-6-7(2)9(4)10(5-11)8(6)3;/h5-8,17H,9H2,1-4H3;5H,1-4H3;. The molecule has 10 aliphatic rings. The summed E-state index contributed by atoms with van der Waals surface area (Å²) in [5, 5.41) is 10.8. The fraction of sp³-hybridized carbons (Fsp3) is 0.731. The zero-order chi connectivity index (χ0) is 20.7. The second-order valence-electron chi connectivity index (χ2n) is 15.2. The third kappa shape index (κ3) is 0.135. The Hall–Kier alpha value is -0.791. The fourth-order valence-corrected chi connectivity index (χ4v) is 134. The second kappa shape index (κ2) is 1.38. The summed E-state index contributed by atoms with van der Waals surface area (Å²) < 4.78 is 3.31. The van der Waals surface area contributed by atoms with E-state index in [1.807, 2.05) is 12.1 Å². The van der Waals surface area contributed by atoms with Crippen LogP contribution >= 0.6 is 0 Å². The van der Waals surface area contributed by atoms with Gasteiger partial charge in [-0.25, -0.2) is 0 Å². The summed E-state index contributed by atoms with van der Waals surface area (Å²) in [5.74, 6) is 0.469. The van der Waals surface area contributed by atoms with Crippen molar-refractivity contribution in [1.29, 1.82) is 0 Å². The van der Waals surface area contributed by atoms with Gasteiger partial charge in [0.05, 0.1) is 0 Å². The zero-order valence-electron chi connectivity index (χ0n) is 18.8. The molecule has 10 aliphatic heterocycles. The summed E-state index contributed by atoms with van der Waals surface area (Å²) in [6.07, 6.45) is 2.62. The van der Waals surface area contributed by atoms with Crippen LogP contribution in [0.3, 0.4) is 0 Å². The van der Waals surface area contributed by atoms with Gasteiger partial charge in [-0.15, -0.1) is 0 Å². The number of benzene rings is 1. The number of fused-ring (bicyclic) bond motifs is 10. The number of rotatable bonds is 3. The van der Waals surface area contributed by atoms with Gasteiger partial charge in [-0.2, -0.15) is 0 Å². The molecule has 11 rings (SSSR count). The van der Waals surface area contributed by atoms with Crippen molar-refractivity contribution in [2.75, 3.05) is 0 Å². The Bertz CT molecular complexity index is 1670. The molecule has 8 atom stereocenters. The van der Waals surface area contributed by atoms with Gasteiger partial charge in [0.1, 0.15) is 0 Å². The number of para-hydroxylation sites is 1. The Balaban J connectivity index is 1.50. The molecule has 0 radical (unpaired) electrons. The van der Waals surface area contributed by atoms with Crippen LogP contribution in [-0.2, 0) is 17.7 Å². The summed E-state index contributed by atoms with van der Waals surface area (Å²) in [4.78, 5) is 13.5. The van der Waals surface area contributed by atoms with Crippen LogP contribution in [0.25, 0.3) is 0 Å². The topological polar surface area (TPSA) is 37.3 Å². The Morgan fingerprint density at radius 2 is 1.21 bits per heavy atom. The van der Waals surface area contributed by atoms with E-state index in [0.717, 1.165) is 12.0 Å². The molecule has 2 nitrogen and oxygen atoms in total. The average molecular weight is 432 g/mol. The van der Waals surface area contributed by atoms with E-state index in [1.165, 1.54) is 0 Å². The van der Waals surface area contributed by atoms with Gasteiger partial charge in [0.25, 0.3) is 0 Å². The molecule has 1 aromatic carbocycles. The van der Waals surface area contributed by atoms with Gasteiger partial charge in [-0.05, 0) is 0 Å². The van der Waals surface area contributed by atoms with E-state index in [2.05, 4.69) is 67.5 Å². The monoisotopic (exact) mass is 432 g/mol. The van der Waals surface area contributed by atoms with E-state index in [0.29, 0.717) is 35.9 Å². The van der Waals surface area contributed by atoms with E-state index in [1.54, 1.807) is 6.29 Å². The van der Waals surface area contributed by atoms with Crippen molar-refractivity contribution < 1.29 is 16.4 Å². The molecule has 0 bridgehead atoms. The molecule has 10 saturated heterocycles. The molecule has 156 valence electrons. The molecule has 0 amide bonds. The molecule has 3 heteroatoms. The van der Waals surface area contributed by atoms with Gasteiger partial charge in [-0.1, -0.05) is 0 Å². The van der Waals surface area contributed by atoms with Crippen LogP contribution in [0.1, 0.15) is 61.0 Å². The molecule has 1 aromatic rings. The first-order chi connectivity index (χ1) is 13.1. The van der Waals surface area contributed by atoms with Crippen LogP contribution in [0.2, 0.25) is 43.1 Å². The molecule has 10 heterocycles.